The number of para-hydroxylation sites is 1. The van der Waals surface area contributed by atoms with Crippen LogP contribution in [0.15, 0.2) is 54.6 Å². The molecule has 0 bridgehead atoms. The van der Waals surface area contributed by atoms with Gasteiger partial charge in [0.1, 0.15) is 11.4 Å². The maximum atomic E-state index is 12.6. The van der Waals surface area contributed by atoms with E-state index in [0.29, 0.717) is 12.3 Å². The Hall–Kier alpha value is -3.42. The zero-order valence-corrected chi connectivity index (χ0v) is 25.3. The van der Waals surface area contributed by atoms with Crippen LogP contribution in [0, 0.1) is 0 Å². The van der Waals surface area contributed by atoms with E-state index in [2.05, 4.69) is 54.4 Å². The molecule has 2 atom stereocenters. The second-order valence-corrected chi connectivity index (χ2v) is 12.5. The van der Waals surface area contributed by atoms with E-state index in [1.807, 2.05) is 52.8 Å². The van der Waals surface area contributed by atoms with E-state index in [9.17, 15) is 4.79 Å². The van der Waals surface area contributed by atoms with Crippen LogP contribution in [0.2, 0.25) is 0 Å². The van der Waals surface area contributed by atoms with E-state index < -0.39 is 11.4 Å². The average molecular weight is 559 g/mol. The van der Waals surface area contributed by atoms with Crippen molar-refractivity contribution >= 4 is 34.3 Å². The van der Waals surface area contributed by atoms with Crippen molar-refractivity contribution in [1.82, 2.24) is 4.98 Å². The Morgan fingerprint density at radius 1 is 1.10 bits per heavy atom. The third kappa shape index (κ3) is 7.08. The molecule has 218 valence electrons. The summed E-state index contributed by atoms with van der Waals surface area (Å²) in [6.07, 6.45) is 6.75. The number of aromatic nitrogens is 1. The first-order valence-corrected chi connectivity index (χ1v) is 14.5. The lowest BCUT2D eigenvalue weighted by Gasteiger charge is -2.40. The second-order valence-electron chi connectivity index (χ2n) is 12.5. The van der Waals surface area contributed by atoms with Gasteiger partial charge in [-0.25, -0.2) is 0 Å². The predicted molar refractivity (Wildman–Crippen MR) is 163 cm³/mol. The third-order valence-electron chi connectivity index (χ3n) is 7.36. The third-order valence-corrected chi connectivity index (χ3v) is 7.36. The predicted octanol–water partition coefficient (Wildman–Crippen LogP) is 7.54. The van der Waals surface area contributed by atoms with Crippen molar-refractivity contribution in [2.45, 2.75) is 89.8 Å². The fourth-order valence-electron chi connectivity index (χ4n) is 5.52. The van der Waals surface area contributed by atoms with Crippen molar-refractivity contribution < 1.29 is 23.7 Å². The first-order valence-electron chi connectivity index (χ1n) is 14.5. The van der Waals surface area contributed by atoms with Gasteiger partial charge in [-0.05, 0) is 77.8 Å². The topological polar surface area (TPSA) is 70.1 Å². The van der Waals surface area contributed by atoms with Crippen LogP contribution in [0.4, 0.5) is 11.4 Å². The maximum absolute atomic E-state index is 12.6. The lowest BCUT2D eigenvalue weighted by atomic mass is 9.99. The number of benzene rings is 2. The van der Waals surface area contributed by atoms with Crippen LogP contribution in [0.25, 0.3) is 17.0 Å². The number of nitrogens with zero attached hydrogens (tertiary/aromatic N) is 2. The van der Waals surface area contributed by atoms with E-state index in [1.165, 1.54) is 0 Å². The molecule has 1 saturated carbocycles. The van der Waals surface area contributed by atoms with Crippen LogP contribution in [-0.2, 0) is 19.0 Å². The van der Waals surface area contributed by atoms with E-state index in [-0.39, 0.29) is 24.6 Å². The highest BCUT2D eigenvalue weighted by atomic mass is 16.7. The molecule has 0 amide bonds. The highest BCUT2D eigenvalue weighted by molar-refractivity contribution is 5.99. The number of hydrogen-bond acceptors (Lipinski definition) is 7. The van der Waals surface area contributed by atoms with Gasteiger partial charge < -0.3 is 23.8 Å². The number of ether oxygens (including phenoxy) is 4. The Labute approximate surface area is 243 Å². The Balaban J connectivity index is 1.51. The molecule has 0 unspecified atom stereocenters. The highest BCUT2D eigenvalue weighted by Crippen LogP contribution is 2.46. The van der Waals surface area contributed by atoms with E-state index >= 15 is 0 Å². The lowest BCUT2D eigenvalue weighted by Crippen LogP contribution is -2.45. The number of hydrogen-bond donors (Lipinski definition) is 0. The van der Waals surface area contributed by atoms with E-state index in [0.717, 1.165) is 52.1 Å². The molecule has 7 nitrogen and oxygen atoms in total. The number of carbonyl (C=O) groups excluding carboxylic acids is 1. The molecule has 1 aliphatic heterocycles. The van der Waals surface area contributed by atoms with Gasteiger partial charge in [0, 0.05) is 36.0 Å². The van der Waals surface area contributed by atoms with Crippen molar-refractivity contribution in [2.75, 3.05) is 19.1 Å². The van der Waals surface area contributed by atoms with Crippen LogP contribution < -0.4 is 9.64 Å². The van der Waals surface area contributed by atoms with Gasteiger partial charge in [-0.15, -0.1) is 0 Å². The molecule has 1 saturated heterocycles. The van der Waals surface area contributed by atoms with Crippen LogP contribution in [0.3, 0.4) is 0 Å². The number of carbonyl (C=O) groups is 1. The first-order chi connectivity index (χ1) is 19.4. The monoisotopic (exact) mass is 558 g/mol. The van der Waals surface area contributed by atoms with Gasteiger partial charge in [0.25, 0.3) is 0 Å². The van der Waals surface area contributed by atoms with Crippen molar-refractivity contribution in [2.24, 2.45) is 0 Å². The summed E-state index contributed by atoms with van der Waals surface area (Å²) in [7, 11) is 3.78. The summed E-state index contributed by atoms with van der Waals surface area (Å²) >= 11 is 0. The van der Waals surface area contributed by atoms with Crippen molar-refractivity contribution in [3.63, 3.8) is 0 Å². The number of methoxy groups -OCH3 is 1. The molecule has 1 aromatic heterocycles. The van der Waals surface area contributed by atoms with Crippen molar-refractivity contribution in [3.8, 4) is 5.75 Å². The quantitative estimate of drug-likeness (QED) is 0.265. The minimum Gasteiger partial charge on any atom is -0.497 e. The van der Waals surface area contributed by atoms with Crippen LogP contribution >= 0.6 is 0 Å². The van der Waals surface area contributed by atoms with Crippen LogP contribution in [0.5, 0.6) is 5.75 Å². The smallest absolute Gasteiger partial charge is 0.308 e. The highest BCUT2D eigenvalue weighted by Gasteiger charge is 2.37. The molecule has 7 heteroatoms. The van der Waals surface area contributed by atoms with E-state index in [4.69, 9.17) is 23.9 Å². The molecule has 2 aliphatic rings. The first kappa shape index (κ1) is 29.1. The molecule has 0 N–H and O–H groups in total. The summed E-state index contributed by atoms with van der Waals surface area (Å²) < 4.78 is 23.4. The standard InChI is InChI=1S/C34H42N2O5/c1-33(2,3)41-30(37)21-26-20-25(39-34(4,5)40-26)18-19-28-31(22-12-13-22)35-29-11-9-8-10-27(29)32(28)36(6)23-14-16-24(38-7)17-15-23/h8-11,14-19,22,25-26H,12-13,20-21H2,1-7H3/b19-18+/t25-,26-/m1/s1. The number of pyridine rings is 1. The fourth-order valence-corrected chi connectivity index (χ4v) is 5.52. The molecule has 41 heavy (non-hydrogen) atoms. The normalized spacial score (nSPS) is 20.8. The largest absolute Gasteiger partial charge is 0.497 e. The number of rotatable bonds is 8. The molecule has 2 fully saturated rings. The Bertz CT molecular complexity index is 1420. The van der Waals surface area contributed by atoms with Gasteiger partial charge in [0.2, 0.25) is 0 Å². The van der Waals surface area contributed by atoms with Crippen molar-refractivity contribution in [3.05, 3.63) is 65.9 Å². The lowest BCUT2D eigenvalue weighted by molar-refractivity contribution is -0.290. The average Bonchev–Trinajstić information content (AvgIpc) is 3.74. The summed E-state index contributed by atoms with van der Waals surface area (Å²) in [5.41, 5.74) is 4.83. The molecule has 5 rings (SSSR count). The maximum Gasteiger partial charge on any atom is 0.308 e. The van der Waals surface area contributed by atoms with Crippen LogP contribution in [0.1, 0.15) is 77.5 Å². The summed E-state index contributed by atoms with van der Waals surface area (Å²) in [6, 6.07) is 16.4. The molecule has 2 heterocycles. The van der Waals surface area contributed by atoms with Gasteiger partial charge in [0.15, 0.2) is 5.79 Å². The summed E-state index contributed by atoms with van der Waals surface area (Å²) in [5, 5.41) is 1.09. The zero-order valence-electron chi connectivity index (χ0n) is 25.3. The van der Waals surface area contributed by atoms with E-state index in [1.54, 1.807) is 7.11 Å². The van der Waals surface area contributed by atoms with Gasteiger partial charge in [-0.3, -0.25) is 9.78 Å². The van der Waals surface area contributed by atoms with Crippen molar-refractivity contribution in [1.29, 1.82) is 0 Å². The Kier molecular flexibility index (Phi) is 8.13. The second kappa shape index (κ2) is 11.5. The van der Waals surface area contributed by atoms with Gasteiger partial charge >= 0.3 is 5.97 Å². The molecule has 0 spiro atoms. The zero-order chi connectivity index (χ0) is 29.4. The number of fused-ring (bicyclic) bond motifs is 1. The Morgan fingerprint density at radius 3 is 2.46 bits per heavy atom. The molecular formula is C34H42N2O5. The molecule has 1 aliphatic carbocycles. The fraction of sp³-hybridized carbons (Fsp3) is 0.471. The summed E-state index contributed by atoms with van der Waals surface area (Å²) in [5.74, 6) is 0.167. The molecular weight excluding hydrogens is 516 g/mol. The molecule has 3 aromatic rings. The van der Waals surface area contributed by atoms with Crippen LogP contribution in [-0.4, -0.2) is 48.7 Å². The number of anilines is 2. The van der Waals surface area contributed by atoms with Gasteiger partial charge in [-0.1, -0.05) is 30.4 Å². The summed E-state index contributed by atoms with van der Waals surface area (Å²) in [6.45, 7) is 9.42. The minimum atomic E-state index is -0.830. The number of esters is 1. The summed E-state index contributed by atoms with van der Waals surface area (Å²) in [4.78, 5) is 20.0. The van der Waals surface area contributed by atoms with Gasteiger partial charge in [-0.2, -0.15) is 0 Å². The molecule has 2 aromatic carbocycles. The minimum absolute atomic E-state index is 0.185. The SMILES string of the molecule is COc1ccc(N(C)c2c(/C=C/[C@@H]3C[C@H](CC(=O)OC(C)(C)C)OC(C)(C)O3)c(C3CC3)nc3ccccc23)cc1. The van der Waals surface area contributed by atoms with Gasteiger partial charge in [0.05, 0.1) is 42.6 Å². The Morgan fingerprint density at radius 2 is 1.80 bits per heavy atom. The molecule has 0 radical (unpaired) electrons.